The highest BCUT2D eigenvalue weighted by atomic mass is 35.5. The molecule has 2 N–H and O–H groups in total. The molecule has 1 aromatic carbocycles. The number of rotatable bonds is 4. The van der Waals surface area contributed by atoms with Gasteiger partial charge in [0, 0.05) is 5.56 Å². The van der Waals surface area contributed by atoms with Crippen LogP contribution in [0.4, 0.5) is 4.39 Å². The van der Waals surface area contributed by atoms with Gasteiger partial charge in [-0.15, -0.1) is 0 Å². The second-order valence-corrected chi connectivity index (χ2v) is 4.02. The summed E-state index contributed by atoms with van der Waals surface area (Å²) in [7, 11) is 0. The van der Waals surface area contributed by atoms with Crippen molar-refractivity contribution < 1.29 is 14.6 Å². The Morgan fingerprint density at radius 2 is 2.07 bits per heavy atom. The zero-order valence-electron chi connectivity index (χ0n) is 7.90. The highest BCUT2D eigenvalue weighted by molar-refractivity contribution is 7.80. The van der Waals surface area contributed by atoms with Gasteiger partial charge in [-0.25, -0.2) is 4.39 Å². The van der Waals surface area contributed by atoms with Crippen LogP contribution in [0.3, 0.4) is 0 Å². The fourth-order valence-electron chi connectivity index (χ4n) is 1.25. The number of hydrogen-bond donors (Lipinski definition) is 3. The van der Waals surface area contributed by atoms with Crippen LogP contribution in [0.2, 0.25) is 5.02 Å². The highest BCUT2D eigenvalue weighted by Gasteiger charge is 2.21. The van der Waals surface area contributed by atoms with Crippen molar-refractivity contribution in [3.63, 3.8) is 0 Å². The summed E-state index contributed by atoms with van der Waals surface area (Å²) in [5, 5.41) is 19.1. The first-order valence-electron chi connectivity index (χ1n) is 4.48. The molecule has 1 aromatic rings. The van der Waals surface area contributed by atoms with Crippen molar-refractivity contribution in [2.24, 2.45) is 0 Å². The van der Waals surface area contributed by atoms with Gasteiger partial charge in [-0.1, -0.05) is 23.7 Å². The van der Waals surface area contributed by atoms with Gasteiger partial charge in [-0.2, -0.15) is 12.6 Å². The molecule has 15 heavy (non-hydrogen) atoms. The average Bonchev–Trinajstić information content (AvgIpc) is 2.21. The molecule has 2 unspecified atom stereocenters. The van der Waals surface area contributed by atoms with E-state index in [0.717, 1.165) is 0 Å². The first-order valence-corrected chi connectivity index (χ1v) is 5.50. The maximum atomic E-state index is 13.4. The molecule has 2 atom stereocenters. The van der Waals surface area contributed by atoms with Crippen LogP contribution >= 0.6 is 24.2 Å². The van der Waals surface area contributed by atoms with Crippen molar-refractivity contribution in [3.05, 3.63) is 34.6 Å². The van der Waals surface area contributed by atoms with Crippen molar-refractivity contribution in [2.75, 3.05) is 5.75 Å². The van der Waals surface area contributed by atoms with E-state index in [0.29, 0.717) is 5.75 Å². The van der Waals surface area contributed by atoms with E-state index in [-0.39, 0.29) is 17.0 Å². The minimum Gasteiger partial charge on any atom is -0.390 e. The fraction of sp³-hybridized carbons (Fsp3) is 0.400. The summed E-state index contributed by atoms with van der Waals surface area (Å²) in [6.07, 6.45) is -2.01. The molecule has 0 amide bonds. The quantitative estimate of drug-likeness (QED) is 0.717. The Morgan fingerprint density at radius 3 is 2.67 bits per heavy atom. The molecule has 0 saturated carbocycles. The minimum absolute atomic E-state index is 0.0109. The Hall–Kier alpha value is -0.290. The molecule has 5 heteroatoms. The standard InChI is InChI=1S/C10H12ClFO2S/c11-7-3-1-2-6(9(7)12)10(14)8(13)4-5-15/h1-3,8,10,13-15H,4-5H2. The molecule has 0 aliphatic heterocycles. The van der Waals surface area contributed by atoms with E-state index in [9.17, 15) is 14.6 Å². The largest absolute Gasteiger partial charge is 0.390 e. The van der Waals surface area contributed by atoms with Crippen LogP contribution in [0.15, 0.2) is 18.2 Å². The average molecular weight is 251 g/mol. The highest BCUT2D eigenvalue weighted by Crippen LogP contribution is 2.26. The predicted octanol–water partition coefficient (Wildman–Crippen LogP) is 2.19. The number of hydrogen-bond acceptors (Lipinski definition) is 3. The normalized spacial score (nSPS) is 15.0. The molecule has 0 fully saturated rings. The summed E-state index contributed by atoms with van der Waals surface area (Å²) in [6, 6.07) is 4.31. The summed E-state index contributed by atoms with van der Waals surface area (Å²) in [5.41, 5.74) is 0.0109. The summed E-state index contributed by atoms with van der Waals surface area (Å²) in [6.45, 7) is 0. The Labute approximate surface area is 98.1 Å². The molecule has 0 aliphatic rings. The number of aliphatic hydroxyl groups excluding tert-OH is 2. The second-order valence-electron chi connectivity index (χ2n) is 3.17. The first-order chi connectivity index (χ1) is 7.07. The van der Waals surface area contributed by atoms with Gasteiger partial charge >= 0.3 is 0 Å². The molecule has 0 aromatic heterocycles. The minimum atomic E-state index is -1.27. The second kappa shape index (κ2) is 5.70. The Morgan fingerprint density at radius 1 is 1.40 bits per heavy atom. The first kappa shape index (κ1) is 12.8. The zero-order valence-corrected chi connectivity index (χ0v) is 9.55. The Bertz CT molecular complexity index is 335. The molecule has 0 aliphatic carbocycles. The Kier molecular flexibility index (Phi) is 4.86. The summed E-state index contributed by atoms with van der Waals surface area (Å²) >= 11 is 9.48. The smallest absolute Gasteiger partial charge is 0.147 e. The number of thiol groups is 1. The molecule has 0 spiro atoms. The van der Waals surface area contributed by atoms with Gasteiger partial charge in [-0.05, 0) is 18.2 Å². The molecule has 1 rings (SSSR count). The van der Waals surface area contributed by atoms with E-state index in [1.165, 1.54) is 18.2 Å². The molecular weight excluding hydrogens is 239 g/mol. The van der Waals surface area contributed by atoms with Crippen LogP contribution in [0, 0.1) is 5.82 Å². The van der Waals surface area contributed by atoms with Gasteiger partial charge in [0.15, 0.2) is 0 Å². The number of aliphatic hydroxyl groups is 2. The van der Waals surface area contributed by atoms with Gasteiger partial charge in [0.25, 0.3) is 0 Å². The van der Waals surface area contributed by atoms with Crippen LogP contribution in [0.1, 0.15) is 18.1 Å². The van der Waals surface area contributed by atoms with Gasteiger partial charge in [0.05, 0.1) is 11.1 Å². The molecule has 2 nitrogen and oxygen atoms in total. The fourth-order valence-corrected chi connectivity index (χ4v) is 1.69. The molecule has 0 bridgehead atoms. The maximum absolute atomic E-state index is 13.4. The summed E-state index contributed by atoms with van der Waals surface area (Å²) < 4.78 is 13.4. The Balaban J connectivity index is 2.90. The topological polar surface area (TPSA) is 40.5 Å². The van der Waals surface area contributed by atoms with E-state index in [4.69, 9.17) is 11.6 Å². The van der Waals surface area contributed by atoms with E-state index in [2.05, 4.69) is 12.6 Å². The molecule has 84 valence electrons. The predicted molar refractivity (Wildman–Crippen MR) is 60.8 cm³/mol. The van der Waals surface area contributed by atoms with E-state index < -0.39 is 18.0 Å². The lowest BCUT2D eigenvalue weighted by Gasteiger charge is -2.18. The van der Waals surface area contributed by atoms with Gasteiger partial charge in [0.1, 0.15) is 11.9 Å². The third-order valence-corrected chi connectivity index (χ3v) is 2.64. The van der Waals surface area contributed by atoms with Crippen molar-refractivity contribution in [3.8, 4) is 0 Å². The van der Waals surface area contributed by atoms with E-state index in [1.807, 2.05) is 0 Å². The van der Waals surface area contributed by atoms with Crippen molar-refractivity contribution >= 4 is 24.2 Å². The van der Waals surface area contributed by atoms with Gasteiger partial charge in [-0.3, -0.25) is 0 Å². The third-order valence-electron chi connectivity index (χ3n) is 2.09. The van der Waals surface area contributed by atoms with Crippen molar-refractivity contribution in [1.82, 2.24) is 0 Å². The van der Waals surface area contributed by atoms with E-state index >= 15 is 0 Å². The van der Waals surface area contributed by atoms with Gasteiger partial charge < -0.3 is 10.2 Å². The van der Waals surface area contributed by atoms with Crippen LogP contribution in [0.5, 0.6) is 0 Å². The maximum Gasteiger partial charge on any atom is 0.147 e. The lowest BCUT2D eigenvalue weighted by molar-refractivity contribution is 0.0152. The number of benzene rings is 1. The third kappa shape index (κ3) is 3.08. The molecule has 0 radical (unpaired) electrons. The van der Waals surface area contributed by atoms with Crippen molar-refractivity contribution in [1.29, 1.82) is 0 Å². The van der Waals surface area contributed by atoms with E-state index in [1.54, 1.807) is 0 Å². The van der Waals surface area contributed by atoms with Crippen LogP contribution < -0.4 is 0 Å². The lowest BCUT2D eigenvalue weighted by Crippen LogP contribution is -2.19. The summed E-state index contributed by atoms with van der Waals surface area (Å²) in [4.78, 5) is 0. The lowest BCUT2D eigenvalue weighted by atomic mass is 10.0. The number of halogens is 2. The van der Waals surface area contributed by atoms with Crippen LogP contribution in [-0.4, -0.2) is 22.1 Å². The monoisotopic (exact) mass is 250 g/mol. The van der Waals surface area contributed by atoms with Gasteiger partial charge in [0.2, 0.25) is 0 Å². The molecule has 0 heterocycles. The molecular formula is C10H12ClFO2S. The molecule has 0 saturated heterocycles. The summed E-state index contributed by atoms with van der Waals surface area (Å²) in [5.74, 6) is -0.273. The van der Waals surface area contributed by atoms with Crippen molar-refractivity contribution in [2.45, 2.75) is 18.6 Å². The SMILES string of the molecule is OC(CCS)C(O)c1cccc(Cl)c1F. The van der Waals surface area contributed by atoms with Crippen LogP contribution in [-0.2, 0) is 0 Å². The van der Waals surface area contributed by atoms with Crippen LogP contribution in [0.25, 0.3) is 0 Å². The zero-order chi connectivity index (χ0) is 11.4.